The number of hydrogen-bond acceptors (Lipinski definition) is 3. The van der Waals surface area contributed by atoms with Crippen LogP contribution in [0.1, 0.15) is 46.0 Å². The molecule has 1 rings (SSSR count). The molecule has 0 aliphatic heterocycles. The summed E-state index contributed by atoms with van der Waals surface area (Å²) in [4.78, 5) is 23.1. The molecule has 16 heavy (non-hydrogen) atoms. The van der Waals surface area contributed by atoms with Crippen LogP contribution in [0.5, 0.6) is 0 Å². The second-order valence-electron chi connectivity index (χ2n) is 5.05. The second-order valence-corrected chi connectivity index (χ2v) is 5.05. The molecule has 0 aromatic carbocycles. The Hall–Kier alpha value is -0.860. The predicted octanol–water partition coefficient (Wildman–Crippen LogP) is 2.58. The Labute approximate surface area is 97.5 Å². The van der Waals surface area contributed by atoms with Crippen molar-refractivity contribution in [3.8, 4) is 0 Å². The van der Waals surface area contributed by atoms with Gasteiger partial charge in [-0.3, -0.25) is 9.59 Å². The first-order chi connectivity index (χ1) is 7.54. The molecule has 0 aromatic rings. The molecular formula is C13H22O3. The third-order valence-corrected chi connectivity index (χ3v) is 3.58. The topological polar surface area (TPSA) is 43.4 Å². The number of rotatable bonds is 4. The van der Waals surface area contributed by atoms with E-state index >= 15 is 0 Å². The van der Waals surface area contributed by atoms with Crippen molar-refractivity contribution in [3.05, 3.63) is 0 Å². The van der Waals surface area contributed by atoms with E-state index in [-0.39, 0.29) is 23.6 Å². The van der Waals surface area contributed by atoms with Gasteiger partial charge in [0.1, 0.15) is 5.78 Å². The number of carbonyl (C=O) groups is 2. The van der Waals surface area contributed by atoms with Gasteiger partial charge in [-0.15, -0.1) is 0 Å². The largest absolute Gasteiger partial charge is 0.469 e. The monoisotopic (exact) mass is 226 g/mol. The summed E-state index contributed by atoms with van der Waals surface area (Å²) < 4.78 is 4.63. The Morgan fingerprint density at radius 1 is 1.25 bits per heavy atom. The summed E-state index contributed by atoms with van der Waals surface area (Å²) in [5.41, 5.74) is 0. The molecule has 0 amide bonds. The van der Waals surface area contributed by atoms with Crippen molar-refractivity contribution in [1.82, 2.24) is 0 Å². The number of ketones is 1. The quantitative estimate of drug-likeness (QED) is 0.692. The van der Waals surface area contributed by atoms with Gasteiger partial charge >= 0.3 is 5.97 Å². The molecule has 0 heterocycles. The van der Waals surface area contributed by atoms with Crippen LogP contribution in [-0.2, 0) is 14.3 Å². The minimum Gasteiger partial charge on any atom is -0.469 e. The summed E-state index contributed by atoms with van der Waals surface area (Å²) in [7, 11) is 1.37. The van der Waals surface area contributed by atoms with E-state index in [0.717, 1.165) is 31.6 Å². The van der Waals surface area contributed by atoms with Crippen molar-refractivity contribution < 1.29 is 14.3 Å². The zero-order valence-electron chi connectivity index (χ0n) is 10.5. The second kappa shape index (κ2) is 6.02. The SMILES string of the molecule is COC(=O)C(C)CC(=O)C1CCC(C)CC1. The lowest BCUT2D eigenvalue weighted by atomic mass is 9.79. The number of ether oxygens (including phenoxy) is 1. The zero-order valence-corrected chi connectivity index (χ0v) is 10.5. The molecule has 92 valence electrons. The first-order valence-corrected chi connectivity index (χ1v) is 6.15. The molecular weight excluding hydrogens is 204 g/mol. The van der Waals surface area contributed by atoms with Gasteiger partial charge in [-0.1, -0.05) is 26.7 Å². The number of carbonyl (C=O) groups excluding carboxylic acids is 2. The van der Waals surface area contributed by atoms with Crippen LogP contribution in [0, 0.1) is 17.8 Å². The van der Waals surface area contributed by atoms with E-state index < -0.39 is 0 Å². The van der Waals surface area contributed by atoms with Crippen molar-refractivity contribution in [1.29, 1.82) is 0 Å². The van der Waals surface area contributed by atoms with Crippen LogP contribution in [0.3, 0.4) is 0 Å². The smallest absolute Gasteiger partial charge is 0.308 e. The molecule has 1 fully saturated rings. The highest BCUT2D eigenvalue weighted by atomic mass is 16.5. The number of methoxy groups -OCH3 is 1. The summed E-state index contributed by atoms with van der Waals surface area (Å²) in [6.07, 6.45) is 4.61. The summed E-state index contributed by atoms with van der Waals surface area (Å²) in [5.74, 6) is 0.601. The van der Waals surface area contributed by atoms with Gasteiger partial charge in [0.05, 0.1) is 13.0 Å². The van der Waals surface area contributed by atoms with E-state index in [2.05, 4.69) is 11.7 Å². The summed E-state index contributed by atoms with van der Waals surface area (Å²) in [6, 6.07) is 0. The summed E-state index contributed by atoms with van der Waals surface area (Å²) in [6.45, 7) is 3.99. The normalized spacial score (nSPS) is 27.2. The van der Waals surface area contributed by atoms with E-state index in [1.54, 1.807) is 6.92 Å². The fraction of sp³-hybridized carbons (Fsp3) is 0.846. The van der Waals surface area contributed by atoms with Crippen LogP contribution < -0.4 is 0 Å². The molecule has 1 aliphatic rings. The lowest BCUT2D eigenvalue weighted by Crippen LogP contribution is -2.25. The summed E-state index contributed by atoms with van der Waals surface area (Å²) >= 11 is 0. The maximum atomic E-state index is 11.9. The lowest BCUT2D eigenvalue weighted by Gasteiger charge is -2.25. The molecule has 0 spiro atoms. The molecule has 0 bridgehead atoms. The fourth-order valence-electron chi connectivity index (χ4n) is 2.34. The highest BCUT2D eigenvalue weighted by molar-refractivity contribution is 5.85. The third-order valence-electron chi connectivity index (χ3n) is 3.58. The van der Waals surface area contributed by atoms with Gasteiger partial charge < -0.3 is 4.74 Å². The molecule has 3 nitrogen and oxygen atoms in total. The number of Topliss-reactive ketones (excluding diaryl/α,β-unsaturated/α-hetero) is 1. The number of esters is 1. The van der Waals surface area contributed by atoms with Gasteiger partial charge in [0.15, 0.2) is 0 Å². The Balaban J connectivity index is 2.37. The standard InChI is InChI=1S/C13H22O3/c1-9-4-6-11(7-5-9)12(14)8-10(2)13(15)16-3/h9-11H,4-8H2,1-3H3. The number of hydrogen-bond donors (Lipinski definition) is 0. The van der Waals surface area contributed by atoms with Crippen molar-refractivity contribution in [3.63, 3.8) is 0 Å². The van der Waals surface area contributed by atoms with Crippen molar-refractivity contribution in [2.75, 3.05) is 7.11 Å². The maximum absolute atomic E-state index is 11.9. The summed E-state index contributed by atoms with van der Waals surface area (Å²) in [5, 5.41) is 0. The van der Waals surface area contributed by atoms with Crippen LogP contribution in [-0.4, -0.2) is 18.9 Å². The van der Waals surface area contributed by atoms with Crippen molar-refractivity contribution in [2.45, 2.75) is 46.0 Å². The van der Waals surface area contributed by atoms with E-state index in [9.17, 15) is 9.59 Å². The molecule has 0 saturated heterocycles. The Morgan fingerprint density at radius 3 is 2.31 bits per heavy atom. The van der Waals surface area contributed by atoms with E-state index in [1.165, 1.54) is 7.11 Å². The van der Waals surface area contributed by atoms with Gasteiger partial charge in [-0.2, -0.15) is 0 Å². The third kappa shape index (κ3) is 3.62. The molecule has 0 aromatic heterocycles. The van der Waals surface area contributed by atoms with Crippen molar-refractivity contribution >= 4 is 11.8 Å². The fourth-order valence-corrected chi connectivity index (χ4v) is 2.34. The Morgan fingerprint density at radius 2 is 1.81 bits per heavy atom. The van der Waals surface area contributed by atoms with Gasteiger partial charge in [-0.05, 0) is 18.8 Å². The van der Waals surface area contributed by atoms with Crippen LogP contribution in [0.15, 0.2) is 0 Å². The maximum Gasteiger partial charge on any atom is 0.308 e. The molecule has 1 saturated carbocycles. The first-order valence-electron chi connectivity index (χ1n) is 6.15. The average molecular weight is 226 g/mol. The first kappa shape index (κ1) is 13.2. The molecule has 0 radical (unpaired) electrons. The van der Waals surface area contributed by atoms with Crippen LogP contribution in [0.2, 0.25) is 0 Å². The van der Waals surface area contributed by atoms with Gasteiger partial charge in [0.2, 0.25) is 0 Å². The zero-order chi connectivity index (χ0) is 12.1. The molecule has 0 N–H and O–H groups in total. The predicted molar refractivity (Wildman–Crippen MR) is 61.9 cm³/mol. The molecule has 1 aliphatic carbocycles. The minimum absolute atomic E-state index is 0.184. The van der Waals surface area contributed by atoms with Crippen LogP contribution in [0.25, 0.3) is 0 Å². The van der Waals surface area contributed by atoms with E-state index in [0.29, 0.717) is 6.42 Å². The van der Waals surface area contributed by atoms with Gasteiger partial charge in [0.25, 0.3) is 0 Å². The highest BCUT2D eigenvalue weighted by Gasteiger charge is 2.27. The van der Waals surface area contributed by atoms with E-state index in [4.69, 9.17) is 0 Å². The van der Waals surface area contributed by atoms with Crippen LogP contribution >= 0.6 is 0 Å². The van der Waals surface area contributed by atoms with Crippen molar-refractivity contribution in [2.24, 2.45) is 17.8 Å². The molecule has 3 heteroatoms. The molecule has 1 atom stereocenters. The lowest BCUT2D eigenvalue weighted by molar-refractivity contribution is -0.147. The highest BCUT2D eigenvalue weighted by Crippen LogP contribution is 2.30. The Bertz CT molecular complexity index is 252. The Kier molecular flexibility index (Phi) is 4.97. The molecule has 1 unspecified atom stereocenters. The van der Waals surface area contributed by atoms with Gasteiger partial charge in [0, 0.05) is 12.3 Å². The minimum atomic E-state index is -0.295. The van der Waals surface area contributed by atoms with Crippen LogP contribution in [0.4, 0.5) is 0 Å². The van der Waals surface area contributed by atoms with E-state index in [1.807, 2.05) is 0 Å². The van der Waals surface area contributed by atoms with Gasteiger partial charge in [-0.25, -0.2) is 0 Å². The average Bonchev–Trinajstić information content (AvgIpc) is 2.28.